The molecule has 112 valence electrons. The summed E-state index contributed by atoms with van der Waals surface area (Å²) in [6.07, 6.45) is 8.96. The molecule has 0 amide bonds. The van der Waals surface area contributed by atoms with Gasteiger partial charge in [-0.15, -0.1) is 11.3 Å². The van der Waals surface area contributed by atoms with Crippen LogP contribution >= 0.6 is 11.3 Å². The summed E-state index contributed by atoms with van der Waals surface area (Å²) in [5, 5.41) is 0.671. The highest BCUT2D eigenvalue weighted by Crippen LogP contribution is 2.56. The third kappa shape index (κ3) is 2.36. The molecule has 0 saturated heterocycles. The van der Waals surface area contributed by atoms with Gasteiger partial charge >= 0.3 is 0 Å². The van der Waals surface area contributed by atoms with E-state index in [2.05, 4.69) is 23.9 Å². The zero-order valence-electron chi connectivity index (χ0n) is 12.5. The Labute approximate surface area is 125 Å². The van der Waals surface area contributed by atoms with Gasteiger partial charge in [-0.25, -0.2) is 4.98 Å². The molecule has 1 aromatic rings. The molecule has 0 bridgehead atoms. The summed E-state index contributed by atoms with van der Waals surface area (Å²) >= 11 is 1.60. The van der Waals surface area contributed by atoms with Crippen molar-refractivity contribution in [3.8, 4) is 0 Å². The van der Waals surface area contributed by atoms with Crippen LogP contribution in [0.3, 0.4) is 0 Å². The fraction of sp³-hybridized carbons (Fsp3) is 0.800. The Kier molecular flexibility index (Phi) is 4.02. The van der Waals surface area contributed by atoms with E-state index in [-0.39, 0.29) is 0 Å². The molecule has 20 heavy (non-hydrogen) atoms. The van der Waals surface area contributed by atoms with Gasteiger partial charge in [0.15, 0.2) is 5.13 Å². The fourth-order valence-electron chi connectivity index (χ4n) is 4.22. The smallest absolute Gasteiger partial charge is 0.180 e. The maximum atomic E-state index is 5.99. The largest absolute Gasteiger partial charge is 0.378 e. The molecule has 0 aromatic carbocycles. The van der Waals surface area contributed by atoms with Crippen LogP contribution in [0.2, 0.25) is 0 Å². The van der Waals surface area contributed by atoms with Crippen molar-refractivity contribution in [3.63, 3.8) is 0 Å². The Hall–Kier alpha value is -0.650. The lowest BCUT2D eigenvalue weighted by Crippen LogP contribution is -2.62. The van der Waals surface area contributed by atoms with Crippen molar-refractivity contribution in [2.24, 2.45) is 5.41 Å². The highest BCUT2D eigenvalue weighted by molar-refractivity contribution is 7.15. The maximum Gasteiger partial charge on any atom is 0.180 e. The maximum absolute atomic E-state index is 5.99. The standard InChI is InChI=1S/C15H25N3OS/c1-3-19-13-8-12(15(13)6-4-5-7-15)18(2)10-11-9-17-14(16)20-11/h9,12-13H,3-8,10H2,1-2H3,(H2,16,17). The van der Waals surface area contributed by atoms with Gasteiger partial charge in [0.2, 0.25) is 0 Å². The first kappa shape index (κ1) is 14.3. The molecule has 2 fully saturated rings. The lowest BCUT2D eigenvalue weighted by atomic mass is 9.60. The van der Waals surface area contributed by atoms with E-state index in [0.717, 1.165) is 13.2 Å². The number of ether oxygens (including phenoxy) is 1. The number of nitrogens with two attached hydrogens (primary N) is 1. The van der Waals surface area contributed by atoms with Crippen molar-refractivity contribution in [1.29, 1.82) is 0 Å². The van der Waals surface area contributed by atoms with Crippen LogP contribution in [0.4, 0.5) is 5.13 Å². The van der Waals surface area contributed by atoms with Gasteiger partial charge in [-0.05, 0) is 33.2 Å². The molecule has 5 heteroatoms. The number of nitrogens with zero attached hydrogens (tertiary/aromatic N) is 2. The average Bonchev–Trinajstić information content (AvgIpc) is 3.04. The second-order valence-electron chi connectivity index (χ2n) is 6.22. The van der Waals surface area contributed by atoms with Crippen LogP contribution in [0.1, 0.15) is 43.9 Å². The summed E-state index contributed by atoms with van der Waals surface area (Å²) < 4.78 is 5.99. The molecular formula is C15H25N3OS. The van der Waals surface area contributed by atoms with E-state index in [4.69, 9.17) is 10.5 Å². The minimum Gasteiger partial charge on any atom is -0.378 e. The second-order valence-corrected chi connectivity index (χ2v) is 7.36. The summed E-state index contributed by atoms with van der Waals surface area (Å²) in [5.41, 5.74) is 6.14. The number of anilines is 1. The van der Waals surface area contributed by atoms with Gasteiger partial charge < -0.3 is 10.5 Å². The molecule has 2 aliphatic rings. The molecule has 4 nitrogen and oxygen atoms in total. The van der Waals surface area contributed by atoms with E-state index >= 15 is 0 Å². The van der Waals surface area contributed by atoms with Gasteiger partial charge in [0.05, 0.1) is 6.10 Å². The van der Waals surface area contributed by atoms with E-state index in [0.29, 0.717) is 22.7 Å². The molecular weight excluding hydrogens is 270 g/mol. The quantitative estimate of drug-likeness (QED) is 0.907. The minimum atomic E-state index is 0.418. The zero-order chi connectivity index (χ0) is 14.2. The first-order valence-electron chi connectivity index (χ1n) is 7.68. The Balaban J connectivity index is 1.67. The number of rotatable bonds is 5. The summed E-state index contributed by atoms with van der Waals surface area (Å²) in [7, 11) is 2.24. The lowest BCUT2D eigenvalue weighted by Gasteiger charge is -2.57. The Morgan fingerprint density at radius 1 is 1.50 bits per heavy atom. The van der Waals surface area contributed by atoms with E-state index in [1.165, 1.54) is 37.0 Å². The van der Waals surface area contributed by atoms with Crippen LogP contribution < -0.4 is 5.73 Å². The predicted molar refractivity (Wildman–Crippen MR) is 82.7 cm³/mol. The monoisotopic (exact) mass is 295 g/mol. The summed E-state index contributed by atoms with van der Waals surface area (Å²) in [4.78, 5) is 7.91. The SMILES string of the molecule is CCOC1CC(N(C)Cc2cnc(N)s2)C12CCCC2. The van der Waals surface area contributed by atoms with Crippen LogP contribution in [0.15, 0.2) is 6.20 Å². The van der Waals surface area contributed by atoms with Crippen molar-refractivity contribution in [2.75, 3.05) is 19.4 Å². The Morgan fingerprint density at radius 3 is 2.85 bits per heavy atom. The van der Waals surface area contributed by atoms with E-state index in [1.54, 1.807) is 11.3 Å². The van der Waals surface area contributed by atoms with Gasteiger partial charge in [-0.2, -0.15) is 0 Å². The third-order valence-corrected chi connectivity index (χ3v) is 5.96. The van der Waals surface area contributed by atoms with Crippen molar-refractivity contribution < 1.29 is 4.74 Å². The van der Waals surface area contributed by atoms with Gasteiger partial charge in [0.1, 0.15) is 0 Å². The van der Waals surface area contributed by atoms with Gasteiger partial charge in [0.25, 0.3) is 0 Å². The van der Waals surface area contributed by atoms with Crippen molar-refractivity contribution >= 4 is 16.5 Å². The van der Waals surface area contributed by atoms with Crippen LogP contribution in [0.5, 0.6) is 0 Å². The first-order valence-corrected chi connectivity index (χ1v) is 8.49. The van der Waals surface area contributed by atoms with Crippen LogP contribution in [0.25, 0.3) is 0 Å². The zero-order valence-corrected chi connectivity index (χ0v) is 13.3. The number of nitrogen functional groups attached to an aromatic ring is 1. The molecule has 1 spiro atoms. The topological polar surface area (TPSA) is 51.4 Å². The molecule has 1 aromatic heterocycles. The van der Waals surface area contributed by atoms with E-state index in [1.807, 2.05) is 6.20 Å². The summed E-state index contributed by atoms with van der Waals surface area (Å²) in [5.74, 6) is 0. The average molecular weight is 295 g/mol. The molecule has 2 aliphatic carbocycles. The van der Waals surface area contributed by atoms with Gasteiger partial charge in [-0.3, -0.25) is 4.90 Å². The highest BCUT2D eigenvalue weighted by Gasteiger charge is 2.57. The summed E-state index contributed by atoms with van der Waals surface area (Å²) in [6, 6.07) is 0.657. The number of thiazole rings is 1. The molecule has 2 unspecified atom stereocenters. The number of hydrogen-bond donors (Lipinski definition) is 1. The lowest BCUT2D eigenvalue weighted by molar-refractivity contribution is -0.162. The first-order chi connectivity index (χ1) is 9.65. The van der Waals surface area contributed by atoms with Crippen LogP contribution in [-0.2, 0) is 11.3 Å². The highest BCUT2D eigenvalue weighted by atomic mass is 32.1. The minimum absolute atomic E-state index is 0.418. The Bertz CT molecular complexity index is 456. The van der Waals surface area contributed by atoms with Crippen LogP contribution in [-0.4, -0.2) is 35.7 Å². The molecule has 2 atom stereocenters. The van der Waals surface area contributed by atoms with Gasteiger partial charge in [0, 0.05) is 35.7 Å². The van der Waals surface area contributed by atoms with Gasteiger partial charge in [-0.1, -0.05) is 12.8 Å². The molecule has 3 rings (SSSR count). The van der Waals surface area contributed by atoms with Crippen molar-refractivity contribution in [3.05, 3.63) is 11.1 Å². The molecule has 0 radical (unpaired) electrons. The van der Waals surface area contributed by atoms with Crippen molar-refractivity contribution in [1.82, 2.24) is 9.88 Å². The van der Waals surface area contributed by atoms with Crippen molar-refractivity contribution in [2.45, 2.75) is 57.7 Å². The van der Waals surface area contributed by atoms with E-state index < -0.39 is 0 Å². The second kappa shape index (κ2) is 5.62. The predicted octanol–water partition coefficient (Wildman–Crippen LogP) is 2.89. The normalized spacial score (nSPS) is 28.1. The molecule has 2 N–H and O–H groups in total. The molecule has 1 heterocycles. The number of aromatic nitrogens is 1. The molecule has 0 aliphatic heterocycles. The third-order valence-electron chi connectivity index (χ3n) is 5.15. The van der Waals surface area contributed by atoms with E-state index in [9.17, 15) is 0 Å². The fourth-order valence-corrected chi connectivity index (χ4v) is 4.97. The summed E-state index contributed by atoms with van der Waals surface area (Å²) in [6.45, 7) is 3.91. The Morgan fingerprint density at radius 2 is 2.25 bits per heavy atom. The van der Waals surface area contributed by atoms with Crippen LogP contribution in [0, 0.1) is 5.41 Å². The molecule has 2 saturated carbocycles. The number of hydrogen-bond acceptors (Lipinski definition) is 5.